The van der Waals surface area contributed by atoms with Crippen molar-refractivity contribution in [2.75, 3.05) is 49.3 Å². The zero-order valence-corrected chi connectivity index (χ0v) is 19.2. The van der Waals surface area contributed by atoms with E-state index in [0.29, 0.717) is 28.1 Å². The number of rotatable bonds is 8. The van der Waals surface area contributed by atoms with Crippen LogP contribution >= 0.6 is 22.9 Å². The Bertz CT molecular complexity index is 1080. The van der Waals surface area contributed by atoms with Crippen molar-refractivity contribution in [1.29, 1.82) is 0 Å². The number of nitrogens with zero attached hydrogens (tertiary/aromatic N) is 2. The Morgan fingerprint density at radius 3 is 2.79 bits per heavy atom. The SMILES string of the molecule is O=C(NCC1CN(c2ccc(N3CCOCC3=O)cc2OCC(F)F)C(=O)O1)c1ccc(Cl)s1. The van der Waals surface area contributed by atoms with Crippen molar-refractivity contribution in [3.63, 3.8) is 0 Å². The molecule has 0 saturated carbocycles. The molecular formula is C21H20ClF2N3O6S. The first-order valence-electron chi connectivity index (χ1n) is 10.3. The maximum absolute atomic E-state index is 12.8. The van der Waals surface area contributed by atoms with Crippen LogP contribution in [0.4, 0.5) is 25.0 Å². The van der Waals surface area contributed by atoms with Gasteiger partial charge in [0.05, 0.1) is 34.6 Å². The van der Waals surface area contributed by atoms with E-state index in [1.54, 1.807) is 18.2 Å². The van der Waals surface area contributed by atoms with Gasteiger partial charge in [-0.3, -0.25) is 14.5 Å². The number of anilines is 2. The topological polar surface area (TPSA) is 97.4 Å². The molecule has 9 nitrogen and oxygen atoms in total. The number of ether oxygens (including phenoxy) is 3. The van der Waals surface area contributed by atoms with E-state index >= 15 is 0 Å². The average Bonchev–Trinajstić information content (AvgIpc) is 3.41. The lowest BCUT2D eigenvalue weighted by Crippen LogP contribution is -2.41. The molecule has 34 heavy (non-hydrogen) atoms. The van der Waals surface area contributed by atoms with Crippen LogP contribution in [0.2, 0.25) is 4.34 Å². The summed E-state index contributed by atoms with van der Waals surface area (Å²) < 4.78 is 41.9. The number of alkyl halides is 2. The van der Waals surface area contributed by atoms with Gasteiger partial charge < -0.3 is 24.4 Å². The van der Waals surface area contributed by atoms with Gasteiger partial charge in [0.15, 0.2) is 0 Å². The molecule has 4 rings (SSSR count). The summed E-state index contributed by atoms with van der Waals surface area (Å²) in [6.07, 6.45) is -4.12. The molecule has 182 valence electrons. The Morgan fingerprint density at radius 1 is 1.26 bits per heavy atom. The Balaban J connectivity index is 1.48. The number of carbonyl (C=O) groups excluding carboxylic acids is 3. The van der Waals surface area contributed by atoms with Crippen molar-refractivity contribution in [3.05, 3.63) is 39.5 Å². The fourth-order valence-electron chi connectivity index (χ4n) is 3.51. The highest BCUT2D eigenvalue weighted by atomic mass is 35.5. The first-order chi connectivity index (χ1) is 16.3. The normalized spacial score (nSPS) is 18.4. The summed E-state index contributed by atoms with van der Waals surface area (Å²) in [4.78, 5) is 40.0. The molecule has 0 bridgehead atoms. The predicted octanol–water partition coefficient (Wildman–Crippen LogP) is 3.16. The third-order valence-corrected chi connectivity index (χ3v) is 6.29. The van der Waals surface area contributed by atoms with Gasteiger partial charge in [0.1, 0.15) is 25.1 Å². The molecule has 2 aromatic rings. The van der Waals surface area contributed by atoms with Gasteiger partial charge in [0.2, 0.25) is 0 Å². The molecule has 2 aliphatic heterocycles. The molecule has 3 amide bonds. The molecule has 1 aromatic carbocycles. The highest BCUT2D eigenvalue weighted by Crippen LogP contribution is 2.36. The van der Waals surface area contributed by atoms with Gasteiger partial charge in [0.25, 0.3) is 18.2 Å². The first-order valence-corrected chi connectivity index (χ1v) is 11.5. The van der Waals surface area contributed by atoms with Gasteiger partial charge in [-0.25, -0.2) is 13.6 Å². The summed E-state index contributed by atoms with van der Waals surface area (Å²) in [5, 5.41) is 2.68. The lowest BCUT2D eigenvalue weighted by atomic mass is 10.2. The number of amides is 3. The third-order valence-electron chi connectivity index (χ3n) is 5.06. The molecule has 0 radical (unpaired) electrons. The van der Waals surface area contributed by atoms with E-state index in [0.717, 1.165) is 11.3 Å². The summed E-state index contributed by atoms with van der Waals surface area (Å²) in [6.45, 7) is -0.229. The van der Waals surface area contributed by atoms with Crippen LogP contribution in [0.25, 0.3) is 0 Å². The van der Waals surface area contributed by atoms with E-state index in [2.05, 4.69) is 5.32 Å². The van der Waals surface area contributed by atoms with Crippen LogP contribution in [0.3, 0.4) is 0 Å². The number of nitrogens with one attached hydrogen (secondary N) is 1. The fourth-order valence-corrected chi connectivity index (χ4v) is 4.47. The zero-order chi connectivity index (χ0) is 24.2. The van der Waals surface area contributed by atoms with Crippen molar-refractivity contribution in [1.82, 2.24) is 5.32 Å². The van der Waals surface area contributed by atoms with E-state index in [-0.39, 0.29) is 42.9 Å². The molecule has 2 aliphatic rings. The fraction of sp³-hybridized carbons (Fsp3) is 0.381. The molecule has 2 fully saturated rings. The van der Waals surface area contributed by atoms with Gasteiger partial charge in [0, 0.05) is 18.3 Å². The highest BCUT2D eigenvalue weighted by molar-refractivity contribution is 7.18. The predicted molar refractivity (Wildman–Crippen MR) is 120 cm³/mol. The number of hydrogen-bond acceptors (Lipinski definition) is 7. The molecule has 2 saturated heterocycles. The molecule has 1 N–H and O–H groups in total. The van der Waals surface area contributed by atoms with Crippen LogP contribution in [-0.4, -0.2) is 69.9 Å². The Labute approximate surface area is 202 Å². The van der Waals surface area contributed by atoms with Gasteiger partial charge in [-0.1, -0.05) is 11.6 Å². The lowest BCUT2D eigenvalue weighted by Gasteiger charge is -2.28. The van der Waals surface area contributed by atoms with E-state index in [4.69, 9.17) is 25.8 Å². The molecule has 1 aromatic heterocycles. The van der Waals surface area contributed by atoms with E-state index in [1.165, 1.54) is 21.9 Å². The van der Waals surface area contributed by atoms with Crippen molar-refractivity contribution >= 4 is 52.2 Å². The van der Waals surface area contributed by atoms with Gasteiger partial charge in [-0.2, -0.15) is 0 Å². The monoisotopic (exact) mass is 515 g/mol. The van der Waals surface area contributed by atoms with Gasteiger partial charge in [-0.15, -0.1) is 11.3 Å². The highest BCUT2D eigenvalue weighted by Gasteiger charge is 2.35. The van der Waals surface area contributed by atoms with Crippen LogP contribution in [-0.2, 0) is 14.3 Å². The number of thiophene rings is 1. The number of hydrogen-bond donors (Lipinski definition) is 1. The standard InChI is InChI=1S/C21H20ClF2N3O6S/c22-17-4-3-16(34-17)20(29)25-8-13-9-27(21(30)33-13)14-2-1-12(7-15(14)32-10-18(23)24)26-5-6-31-11-19(26)28/h1-4,7,13,18H,5-6,8-11H2,(H,25,29). The number of benzene rings is 1. The molecule has 0 spiro atoms. The summed E-state index contributed by atoms with van der Waals surface area (Å²) in [6, 6.07) is 7.73. The minimum atomic E-state index is -2.74. The van der Waals surface area contributed by atoms with Crippen LogP contribution < -0.4 is 19.9 Å². The van der Waals surface area contributed by atoms with E-state index < -0.39 is 25.2 Å². The van der Waals surface area contributed by atoms with Gasteiger partial charge >= 0.3 is 6.09 Å². The van der Waals surface area contributed by atoms with Crippen LogP contribution in [0.5, 0.6) is 5.75 Å². The van der Waals surface area contributed by atoms with Crippen molar-refractivity contribution < 1.29 is 37.4 Å². The molecule has 13 heteroatoms. The van der Waals surface area contributed by atoms with Gasteiger partial charge in [-0.05, 0) is 24.3 Å². The van der Waals surface area contributed by atoms with E-state index in [9.17, 15) is 23.2 Å². The Hall–Kier alpha value is -2.96. The summed E-state index contributed by atoms with van der Waals surface area (Å²) in [5.74, 6) is -0.624. The minimum Gasteiger partial charge on any atom is -0.485 e. The number of carbonyl (C=O) groups is 3. The third kappa shape index (κ3) is 5.57. The molecule has 0 aliphatic carbocycles. The number of cyclic esters (lactones) is 1. The Morgan fingerprint density at radius 2 is 2.09 bits per heavy atom. The second kappa shape index (κ2) is 10.5. The minimum absolute atomic E-state index is 0.00644. The summed E-state index contributed by atoms with van der Waals surface area (Å²) in [5.41, 5.74) is 0.654. The second-order valence-corrected chi connectivity index (χ2v) is 9.10. The van der Waals surface area contributed by atoms with Crippen LogP contribution in [0.1, 0.15) is 9.67 Å². The van der Waals surface area contributed by atoms with Crippen LogP contribution in [0.15, 0.2) is 30.3 Å². The molecular weight excluding hydrogens is 496 g/mol. The number of morpholine rings is 1. The lowest BCUT2D eigenvalue weighted by molar-refractivity contribution is -0.125. The first kappa shape index (κ1) is 24.2. The van der Waals surface area contributed by atoms with E-state index in [1.807, 2.05) is 0 Å². The zero-order valence-electron chi connectivity index (χ0n) is 17.7. The molecule has 3 heterocycles. The number of halogens is 3. The van der Waals surface area contributed by atoms with Crippen molar-refractivity contribution in [2.45, 2.75) is 12.5 Å². The quantitative estimate of drug-likeness (QED) is 0.580. The summed E-state index contributed by atoms with van der Waals surface area (Å²) in [7, 11) is 0. The van der Waals surface area contributed by atoms with Crippen molar-refractivity contribution in [2.24, 2.45) is 0 Å². The largest absolute Gasteiger partial charge is 0.485 e. The Kier molecular flexibility index (Phi) is 7.49. The maximum Gasteiger partial charge on any atom is 0.414 e. The smallest absolute Gasteiger partial charge is 0.414 e. The second-order valence-electron chi connectivity index (χ2n) is 7.38. The van der Waals surface area contributed by atoms with Crippen molar-refractivity contribution in [3.8, 4) is 5.75 Å². The summed E-state index contributed by atoms with van der Waals surface area (Å²) >= 11 is 6.96. The van der Waals surface area contributed by atoms with Crippen LogP contribution in [0, 0.1) is 0 Å². The molecule has 1 unspecified atom stereocenters. The maximum atomic E-state index is 12.8. The molecule has 1 atom stereocenters. The average molecular weight is 516 g/mol.